The fourth-order valence-electron chi connectivity index (χ4n) is 2.38. The van der Waals surface area contributed by atoms with Gasteiger partial charge < -0.3 is 11.1 Å². The van der Waals surface area contributed by atoms with E-state index in [1.165, 1.54) is 24.0 Å². The molecule has 0 unspecified atom stereocenters. The molecule has 3 nitrogen and oxygen atoms in total. The number of hydrogen-bond donors (Lipinski definition) is 2. The van der Waals surface area contributed by atoms with E-state index in [-0.39, 0.29) is 18.3 Å². The average Bonchev–Trinajstić information content (AvgIpc) is 2.38. The van der Waals surface area contributed by atoms with Gasteiger partial charge in [-0.1, -0.05) is 24.3 Å². The molecule has 0 aliphatic carbocycles. The maximum absolute atomic E-state index is 10.7. The first kappa shape index (κ1) is 15.0. The Morgan fingerprint density at radius 3 is 2.39 bits per heavy atom. The average molecular weight is 269 g/mol. The molecule has 1 amide bonds. The third kappa shape index (κ3) is 4.31. The van der Waals surface area contributed by atoms with E-state index in [9.17, 15) is 4.79 Å². The molecule has 0 aromatic heterocycles. The summed E-state index contributed by atoms with van der Waals surface area (Å²) in [7, 11) is 0. The van der Waals surface area contributed by atoms with Crippen LogP contribution in [0.3, 0.4) is 0 Å². The molecule has 2 rings (SSSR count). The molecule has 0 spiro atoms. The lowest BCUT2D eigenvalue weighted by Crippen LogP contribution is -2.26. The van der Waals surface area contributed by atoms with E-state index in [2.05, 4.69) is 29.6 Å². The highest BCUT2D eigenvalue weighted by molar-refractivity contribution is 5.85. The van der Waals surface area contributed by atoms with E-state index < -0.39 is 0 Å². The summed E-state index contributed by atoms with van der Waals surface area (Å²) in [6.45, 7) is 2.24. The Morgan fingerprint density at radius 1 is 1.22 bits per heavy atom. The SMILES string of the molecule is Cl.NC(=O)CCc1ccc(C2CCNCC2)cc1. The summed E-state index contributed by atoms with van der Waals surface area (Å²) in [5.74, 6) is 0.467. The van der Waals surface area contributed by atoms with Gasteiger partial charge in [-0.2, -0.15) is 0 Å². The first-order valence-electron chi connectivity index (χ1n) is 6.33. The van der Waals surface area contributed by atoms with Crippen molar-refractivity contribution >= 4 is 18.3 Å². The summed E-state index contributed by atoms with van der Waals surface area (Å²) in [6, 6.07) is 8.65. The number of aryl methyl sites for hydroxylation is 1. The molecule has 1 fully saturated rings. The van der Waals surface area contributed by atoms with Crippen LogP contribution in [0.5, 0.6) is 0 Å². The molecule has 0 saturated carbocycles. The van der Waals surface area contributed by atoms with Crippen LogP contribution in [0.25, 0.3) is 0 Å². The van der Waals surface area contributed by atoms with Gasteiger partial charge in [-0.3, -0.25) is 4.79 Å². The lowest BCUT2D eigenvalue weighted by molar-refractivity contribution is -0.117. The number of amides is 1. The summed E-state index contributed by atoms with van der Waals surface area (Å²) >= 11 is 0. The second-order valence-corrected chi connectivity index (χ2v) is 4.73. The molecule has 0 bridgehead atoms. The Hall–Kier alpha value is -1.06. The van der Waals surface area contributed by atoms with Gasteiger partial charge in [-0.25, -0.2) is 0 Å². The highest BCUT2D eigenvalue weighted by Gasteiger charge is 2.14. The highest BCUT2D eigenvalue weighted by Crippen LogP contribution is 2.25. The van der Waals surface area contributed by atoms with Crippen LogP contribution in [-0.2, 0) is 11.2 Å². The summed E-state index contributed by atoms with van der Waals surface area (Å²) < 4.78 is 0. The van der Waals surface area contributed by atoms with E-state index in [4.69, 9.17) is 5.73 Å². The molecule has 1 aliphatic heterocycles. The maximum atomic E-state index is 10.7. The fraction of sp³-hybridized carbons (Fsp3) is 0.500. The van der Waals surface area contributed by atoms with Gasteiger partial charge in [0.1, 0.15) is 0 Å². The fourth-order valence-corrected chi connectivity index (χ4v) is 2.38. The quantitative estimate of drug-likeness (QED) is 0.878. The number of rotatable bonds is 4. The van der Waals surface area contributed by atoms with Crippen molar-refractivity contribution in [3.05, 3.63) is 35.4 Å². The van der Waals surface area contributed by atoms with Crippen molar-refractivity contribution in [1.29, 1.82) is 0 Å². The molecular weight excluding hydrogens is 248 g/mol. The van der Waals surface area contributed by atoms with E-state index >= 15 is 0 Å². The topological polar surface area (TPSA) is 55.1 Å². The molecule has 100 valence electrons. The molecule has 1 aromatic carbocycles. The maximum Gasteiger partial charge on any atom is 0.217 e. The van der Waals surface area contributed by atoms with Gasteiger partial charge in [0.2, 0.25) is 5.91 Å². The van der Waals surface area contributed by atoms with Crippen LogP contribution >= 0.6 is 12.4 Å². The normalized spacial score (nSPS) is 16.0. The number of nitrogens with one attached hydrogen (secondary N) is 1. The number of carbonyl (C=O) groups excluding carboxylic acids is 1. The number of nitrogens with two attached hydrogens (primary N) is 1. The number of halogens is 1. The smallest absolute Gasteiger partial charge is 0.217 e. The van der Waals surface area contributed by atoms with Crippen LogP contribution in [0.2, 0.25) is 0 Å². The summed E-state index contributed by atoms with van der Waals surface area (Å²) in [5.41, 5.74) is 7.76. The van der Waals surface area contributed by atoms with E-state index in [0.717, 1.165) is 19.5 Å². The minimum atomic E-state index is -0.229. The second kappa shape index (κ2) is 7.39. The third-order valence-corrected chi connectivity index (χ3v) is 3.45. The van der Waals surface area contributed by atoms with Crippen molar-refractivity contribution in [3.63, 3.8) is 0 Å². The monoisotopic (exact) mass is 268 g/mol. The van der Waals surface area contributed by atoms with E-state index in [1.807, 2.05) is 0 Å². The zero-order valence-electron chi connectivity index (χ0n) is 10.5. The Morgan fingerprint density at radius 2 is 1.83 bits per heavy atom. The number of primary amides is 1. The van der Waals surface area contributed by atoms with Crippen molar-refractivity contribution in [3.8, 4) is 0 Å². The molecule has 18 heavy (non-hydrogen) atoms. The van der Waals surface area contributed by atoms with Gasteiger partial charge in [0.15, 0.2) is 0 Å². The Kier molecular flexibility index (Phi) is 6.16. The lowest BCUT2D eigenvalue weighted by Gasteiger charge is -2.23. The van der Waals surface area contributed by atoms with Crippen LogP contribution in [0, 0.1) is 0 Å². The molecular formula is C14H21ClN2O. The van der Waals surface area contributed by atoms with Crippen molar-refractivity contribution in [2.45, 2.75) is 31.6 Å². The first-order valence-corrected chi connectivity index (χ1v) is 6.33. The van der Waals surface area contributed by atoms with E-state index in [1.54, 1.807) is 0 Å². The molecule has 1 aliphatic rings. The standard InChI is InChI=1S/C14H20N2O.ClH/c15-14(17)6-3-11-1-4-12(5-2-11)13-7-9-16-10-8-13;/h1-2,4-5,13,16H,3,6-10H2,(H2,15,17);1H. The number of piperidine rings is 1. The van der Waals surface area contributed by atoms with E-state index in [0.29, 0.717) is 12.3 Å². The van der Waals surface area contributed by atoms with Gasteiger partial charge in [-0.05, 0) is 49.4 Å². The molecule has 1 saturated heterocycles. The van der Waals surface area contributed by atoms with Crippen molar-refractivity contribution in [2.75, 3.05) is 13.1 Å². The molecule has 0 radical (unpaired) electrons. The van der Waals surface area contributed by atoms with Crippen LogP contribution < -0.4 is 11.1 Å². The van der Waals surface area contributed by atoms with Gasteiger partial charge in [0, 0.05) is 6.42 Å². The van der Waals surface area contributed by atoms with Crippen LogP contribution in [0.15, 0.2) is 24.3 Å². The highest BCUT2D eigenvalue weighted by atomic mass is 35.5. The Labute approximate surface area is 115 Å². The Balaban J connectivity index is 0.00000162. The number of hydrogen-bond acceptors (Lipinski definition) is 2. The van der Waals surface area contributed by atoms with Crippen molar-refractivity contribution in [1.82, 2.24) is 5.32 Å². The predicted molar refractivity (Wildman–Crippen MR) is 76.1 cm³/mol. The van der Waals surface area contributed by atoms with Crippen LogP contribution in [0.1, 0.15) is 36.3 Å². The molecule has 3 N–H and O–H groups in total. The van der Waals surface area contributed by atoms with Crippen LogP contribution in [0.4, 0.5) is 0 Å². The zero-order valence-corrected chi connectivity index (χ0v) is 11.3. The minimum Gasteiger partial charge on any atom is -0.370 e. The summed E-state index contributed by atoms with van der Waals surface area (Å²) in [6.07, 6.45) is 3.63. The Bertz CT molecular complexity index is 372. The molecule has 1 heterocycles. The molecule has 4 heteroatoms. The first-order chi connectivity index (χ1) is 8.25. The lowest BCUT2D eigenvalue weighted by atomic mass is 9.89. The predicted octanol–water partition coefficient (Wildman–Crippen LogP) is 1.99. The van der Waals surface area contributed by atoms with Crippen molar-refractivity contribution < 1.29 is 4.79 Å². The van der Waals surface area contributed by atoms with Gasteiger partial charge in [0.05, 0.1) is 0 Å². The van der Waals surface area contributed by atoms with Crippen molar-refractivity contribution in [2.24, 2.45) is 5.73 Å². The third-order valence-electron chi connectivity index (χ3n) is 3.45. The zero-order chi connectivity index (χ0) is 12.1. The van der Waals surface area contributed by atoms with Crippen LogP contribution in [-0.4, -0.2) is 19.0 Å². The minimum absolute atomic E-state index is 0. The van der Waals surface area contributed by atoms with Gasteiger partial charge in [0.25, 0.3) is 0 Å². The molecule has 0 atom stereocenters. The number of benzene rings is 1. The summed E-state index contributed by atoms with van der Waals surface area (Å²) in [5, 5.41) is 3.38. The number of carbonyl (C=O) groups is 1. The molecule has 1 aromatic rings. The van der Waals surface area contributed by atoms with Gasteiger partial charge >= 0.3 is 0 Å². The summed E-state index contributed by atoms with van der Waals surface area (Å²) in [4.78, 5) is 10.7. The largest absolute Gasteiger partial charge is 0.370 e. The second-order valence-electron chi connectivity index (χ2n) is 4.73. The van der Waals surface area contributed by atoms with Gasteiger partial charge in [-0.15, -0.1) is 12.4 Å².